The molecule has 0 saturated heterocycles. The van der Waals surface area contributed by atoms with E-state index in [2.05, 4.69) is 24.4 Å². The Balaban J connectivity index is 1.92. The van der Waals surface area contributed by atoms with Crippen molar-refractivity contribution in [3.05, 3.63) is 64.4 Å². The van der Waals surface area contributed by atoms with Crippen molar-refractivity contribution < 1.29 is 4.39 Å². The number of hydrogen-bond acceptors (Lipinski definition) is 1. The van der Waals surface area contributed by atoms with Gasteiger partial charge in [0.05, 0.1) is 0 Å². The zero-order valence-corrected chi connectivity index (χ0v) is 13.1. The van der Waals surface area contributed by atoms with Crippen LogP contribution in [0.5, 0.6) is 0 Å². The number of halogens is 2. The minimum Gasteiger partial charge on any atom is -0.381 e. The van der Waals surface area contributed by atoms with E-state index in [0.29, 0.717) is 17.1 Å². The quantitative estimate of drug-likeness (QED) is 0.635. The Morgan fingerprint density at radius 3 is 2.48 bits per heavy atom. The van der Waals surface area contributed by atoms with Crippen molar-refractivity contribution in [2.75, 3.05) is 5.32 Å². The Hall–Kier alpha value is -1.54. The first-order valence-corrected chi connectivity index (χ1v) is 7.84. The molecule has 0 heterocycles. The molecule has 0 aliphatic carbocycles. The molecule has 1 N–H and O–H groups in total. The van der Waals surface area contributed by atoms with Gasteiger partial charge in [0.15, 0.2) is 0 Å². The highest BCUT2D eigenvalue weighted by atomic mass is 35.5. The van der Waals surface area contributed by atoms with Crippen molar-refractivity contribution in [1.82, 2.24) is 0 Å². The van der Waals surface area contributed by atoms with Crippen LogP contribution < -0.4 is 5.32 Å². The summed E-state index contributed by atoms with van der Waals surface area (Å²) in [5.74, 6) is -0.272. The maximum atomic E-state index is 13.7. The topological polar surface area (TPSA) is 12.0 Å². The van der Waals surface area contributed by atoms with Gasteiger partial charge in [-0.25, -0.2) is 4.39 Å². The lowest BCUT2D eigenvalue weighted by Crippen LogP contribution is -2.02. The molecular formula is C18H21ClFN. The van der Waals surface area contributed by atoms with Crippen molar-refractivity contribution in [3.63, 3.8) is 0 Å². The van der Waals surface area contributed by atoms with Gasteiger partial charge < -0.3 is 5.32 Å². The fraction of sp³-hybridized carbons (Fsp3) is 0.333. The summed E-state index contributed by atoms with van der Waals surface area (Å²) >= 11 is 6.01. The number of rotatable bonds is 7. The van der Waals surface area contributed by atoms with Crippen LogP contribution in [-0.4, -0.2) is 0 Å². The highest BCUT2D eigenvalue weighted by Crippen LogP contribution is 2.20. The predicted molar refractivity (Wildman–Crippen MR) is 88.4 cm³/mol. The molecule has 21 heavy (non-hydrogen) atoms. The third kappa shape index (κ3) is 4.75. The van der Waals surface area contributed by atoms with Gasteiger partial charge in [0.2, 0.25) is 0 Å². The van der Waals surface area contributed by atoms with Crippen molar-refractivity contribution in [2.24, 2.45) is 0 Å². The maximum absolute atomic E-state index is 13.7. The smallest absolute Gasteiger partial charge is 0.129 e. The third-order valence-corrected chi connectivity index (χ3v) is 3.91. The maximum Gasteiger partial charge on any atom is 0.129 e. The lowest BCUT2D eigenvalue weighted by atomic mass is 10.1. The lowest BCUT2D eigenvalue weighted by molar-refractivity contribution is 0.613. The Morgan fingerprint density at radius 1 is 1.05 bits per heavy atom. The minimum absolute atomic E-state index is 0.272. The summed E-state index contributed by atoms with van der Waals surface area (Å²) in [5, 5.41) is 3.67. The number of unbranched alkanes of at least 4 members (excludes halogenated alkanes) is 2. The van der Waals surface area contributed by atoms with E-state index < -0.39 is 0 Å². The molecule has 0 bridgehead atoms. The predicted octanol–water partition coefficient (Wildman–Crippen LogP) is 5.82. The molecule has 2 aromatic carbocycles. The van der Waals surface area contributed by atoms with Crippen LogP contribution in [-0.2, 0) is 13.0 Å². The second-order valence-corrected chi connectivity index (χ2v) is 5.61. The van der Waals surface area contributed by atoms with Gasteiger partial charge in [-0.1, -0.05) is 49.6 Å². The summed E-state index contributed by atoms with van der Waals surface area (Å²) in [6, 6.07) is 13.1. The van der Waals surface area contributed by atoms with E-state index in [-0.39, 0.29) is 5.82 Å². The van der Waals surface area contributed by atoms with Gasteiger partial charge in [-0.15, -0.1) is 0 Å². The van der Waals surface area contributed by atoms with E-state index in [1.54, 1.807) is 12.1 Å². The summed E-state index contributed by atoms with van der Waals surface area (Å²) in [5.41, 5.74) is 2.83. The summed E-state index contributed by atoms with van der Waals surface area (Å²) in [6.07, 6.45) is 4.86. The second-order valence-electron chi connectivity index (χ2n) is 5.21. The van der Waals surface area contributed by atoms with Gasteiger partial charge in [-0.3, -0.25) is 0 Å². The van der Waals surface area contributed by atoms with Gasteiger partial charge in [-0.2, -0.15) is 0 Å². The van der Waals surface area contributed by atoms with E-state index in [1.807, 2.05) is 12.1 Å². The highest BCUT2D eigenvalue weighted by molar-refractivity contribution is 6.31. The van der Waals surface area contributed by atoms with Crippen LogP contribution in [0.3, 0.4) is 0 Å². The van der Waals surface area contributed by atoms with Crippen LogP contribution in [0.25, 0.3) is 0 Å². The number of anilines is 1. The summed E-state index contributed by atoms with van der Waals surface area (Å²) in [6.45, 7) is 2.60. The molecule has 0 aromatic heterocycles. The first-order chi connectivity index (χ1) is 10.2. The molecule has 0 radical (unpaired) electrons. The molecule has 0 aliphatic rings. The van der Waals surface area contributed by atoms with Crippen molar-refractivity contribution in [3.8, 4) is 0 Å². The zero-order chi connectivity index (χ0) is 15.1. The van der Waals surface area contributed by atoms with E-state index in [9.17, 15) is 4.39 Å². The second kappa shape index (κ2) is 8.04. The van der Waals surface area contributed by atoms with E-state index >= 15 is 0 Å². The van der Waals surface area contributed by atoms with E-state index in [0.717, 1.165) is 12.1 Å². The Bertz CT molecular complexity index is 546. The van der Waals surface area contributed by atoms with Crippen molar-refractivity contribution >= 4 is 17.3 Å². The Morgan fingerprint density at radius 2 is 1.81 bits per heavy atom. The normalized spacial score (nSPS) is 10.6. The van der Waals surface area contributed by atoms with Gasteiger partial charge in [0, 0.05) is 22.8 Å². The molecule has 2 aromatic rings. The first-order valence-electron chi connectivity index (χ1n) is 7.46. The van der Waals surface area contributed by atoms with Crippen molar-refractivity contribution in [1.29, 1.82) is 0 Å². The van der Waals surface area contributed by atoms with Crippen molar-refractivity contribution in [2.45, 2.75) is 39.2 Å². The van der Waals surface area contributed by atoms with Crippen LogP contribution >= 0.6 is 11.6 Å². The molecule has 0 spiro atoms. The van der Waals surface area contributed by atoms with Gasteiger partial charge in [0.25, 0.3) is 0 Å². The summed E-state index contributed by atoms with van der Waals surface area (Å²) in [7, 11) is 0. The number of nitrogens with one attached hydrogen (secondary N) is 1. The van der Waals surface area contributed by atoms with E-state index in [4.69, 9.17) is 11.6 Å². The third-order valence-electron chi connectivity index (χ3n) is 3.55. The molecule has 0 aliphatic heterocycles. The van der Waals surface area contributed by atoms with Gasteiger partial charge in [-0.05, 0) is 42.7 Å². The SMILES string of the molecule is CCCCCc1ccc(NCc2c(F)cccc2Cl)cc1. The Kier molecular flexibility index (Phi) is 6.06. The Labute approximate surface area is 131 Å². The van der Waals surface area contributed by atoms with Gasteiger partial charge in [0.1, 0.15) is 5.82 Å². The van der Waals surface area contributed by atoms with E-state index in [1.165, 1.54) is 30.9 Å². The number of hydrogen-bond donors (Lipinski definition) is 1. The minimum atomic E-state index is -0.272. The monoisotopic (exact) mass is 305 g/mol. The van der Waals surface area contributed by atoms with Crippen LogP contribution in [0.15, 0.2) is 42.5 Å². The van der Waals surface area contributed by atoms with Crippen LogP contribution in [0.4, 0.5) is 10.1 Å². The lowest BCUT2D eigenvalue weighted by Gasteiger charge is -2.10. The molecule has 0 amide bonds. The van der Waals surface area contributed by atoms with Gasteiger partial charge >= 0.3 is 0 Å². The standard InChI is InChI=1S/C18H21ClFN/c1-2-3-4-6-14-9-11-15(12-10-14)21-13-16-17(19)7-5-8-18(16)20/h5,7-12,21H,2-4,6,13H2,1H3. The molecule has 1 nitrogen and oxygen atoms in total. The average molecular weight is 306 g/mol. The molecule has 0 fully saturated rings. The molecule has 2 rings (SSSR count). The first kappa shape index (κ1) is 15.8. The van der Waals surface area contributed by atoms with Crippen LogP contribution in [0.2, 0.25) is 5.02 Å². The van der Waals surface area contributed by atoms with Crippen LogP contribution in [0, 0.1) is 5.82 Å². The molecule has 112 valence electrons. The number of aryl methyl sites for hydroxylation is 1. The number of benzene rings is 2. The average Bonchev–Trinajstić information content (AvgIpc) is 2.48. The molecular weight excluding hydrogens is 285 g/mol. The fourth-order valence-electron chi connectivity index (χ4n) is 2.26. The molecule has 0 saturated carbocycles. The molecule has 0 unspecified atom stereocenters. The highest BCUT2D eigenvalue weighted by Gasteiger charge is 2.06. The zero-order valence-electron chi connectivity index (χ0n) is 12.3. The summed E-state index contributed by atoms with van der Waals surface area (Å²) < 4.78 is 13.7. The molecule has 0 atom stereocenters. The largest absolute Gasteiger partial charge is 0.381 e. The molecule has 3 heteroatoms. The summed E-state index contributed by atoms with van der Waals surface area (Å²) in [4.78, 5) is 0. The van der Waals surface area contributed by atoms with Crippen LogP contribution in [0.1, 0.15) is 37.3 Å². The fourth-order valence-corrected chi connectivity index (χ4v) is 2.49.